The second-order valence-corrected chi connectivity index (χ2v) is 5.08. The summed E-state index contributed by atoms with van der Waals surface area (Å²) in [5, 5.41) is 18.5. The maximum absolute atomic E-state index is 11.6. The number of hydrogen-bond donors (Lipinski definition) is 2. The molecular weight excluding hydrogens is 393 g/mol. The molecule has 0 aliphatic carbocycles. The second-order valence-electron chi connectivity index (χ2n) is 3.91. The van der Waals surface area contributed by atoms with Gasteiger partial charge in [-0.15, -0.1) is 5.10 Å². The number of carboxylic acid groups (broad SMARTS) is 1. The van der Waals surface area contributed by atoms with Gasteiger partial charge in [0, 0.05) is 6.92 Å². The van der Waals surface area contributed by atoms with Crippen LogP contribution in [0.15, 0.2) is 22.6 Å². The molecule has 0 atom stereocenters. The van der Waals surface area contributed by atoms with Gasteiger partial charge < -0.3 is 14.3 Å². The lowest BCUT2D eigenvalue weighted by Crippen LogP contribution is -2.20. The first-order chi connectivity index (χ1) is 9.95. The zero-order valence-electron chi connectivity index (χ0n) is 10.8. The number of aromatic nitrogens is 2. The van der Waals surface area contributed by atoms with Crippen LogP contribution in [0.4, 0.5) is 6.01 Å². The molecule has 0 aliphatic rings. The Morgan fingerprint density at radius 2 is 2.19 bits per heavy atom. The second kappa shape index (κ2) is 6.52. The average molecular weight is 403 g/mol. The van der Waals surface area contributed by atoms with Crippen molar-refractivity contribution >= 4 is 40.5 Å². The predicted molar refractivity (Wildman–Crippen MR) is 79.3 cm³/mol. The minimum atomic E-state index is -1.07. The average Bonchev–Trinajstić information content (AvgIpc) is 2.82. The summed E-state index contributed by atoms with van der Waals surface area (Å²) < 4.78 is 11.0. The Hall–Kier alpha value is -2.17. The standard InChI is InChI=1S/C12H10IN3O5/c1-6-15-16-12(21-6)14-10(17)5-20-9-4-7(11(18)19)2-3-8(9)13/h2-4H,5H2,1H3,(H,18,19)(H,14,16,17). The molecule has 0 spiro atoms. The molecule has 2 rings (SSSR count). The van der Waals surface area contributed by atoms with Gasteiger partial charge in [-0.1, -0.05) is 5.10 Å². The number of hydrogen-bond acceptors (Lipinski definition) is 6. The number of halogens is 1. The summed E-state index contributed by atoms with van der Waals surface area (Å²) in [6, 6.07) is 4.39. The largest absolute Gasteiger partial charge is 0.483 e. The fourth-order valence-corrected chi connectivity index (χ4v) is 1.88. The molecule has 2 N–H and O–H groups in total. The lowest BCUT2D eigenvalue weighted by Gasteiger charge is -2.08. The van der Waals surface area contributed by atoms with Crippen LogP contribution in [0.25, 0.3) is 0 Å². The van der Waals surface area contributed by atoms with E-state index in [9.17, 15) is 9.59 Å². The van der Waals surface area contributed by atoms with Gasteiger partial charge in [0.15, 0.2) is 6.61 Å². The van der Waals surface area contributed by atoms with Crippen LogP contribution >= 0.6 is 22.6 Å². The van der Waals surface area contributed by atoms with Gasteiger partial charge in [-0.2, -0.15) is 0 Å². The third-order valence-electron chi connectivity index (χ3n) is 2.31. The monoisotopic (exact) mass is 403 g/mol. The quantitative estimate of drug-likeness (QED) is 0.731. The Bertz CT molecular complexity index is 685. The van der Waals surface area contributed by atoms with Gasteiger partial charge in [0.1, 0.15) is 5.75 Å². The normalized spacial score (nSPS) is 10.2. The maximum atomic E-state index is 11.6. The van der Waals surface area contributed by atoms with Crippen LogP contribution in [-0.2, 0) is 4.79 Å². The Morgan fingerprint density at radius 1 is 1.43 bits per heavy atom. The Morgan fingerprint density at radius 3 is 2.81 bits per heavy atom. The highest BCUT2D eigenvalue weighted by atomic mass is 127. The highest BCUT2D eigenvalue weighted by Crippen LogP contribution is 2.22. The number of anilines is 1. The first kappa shape index (κ1) is 15.2. The molecule has 0 fully saturated rings. The van der Waals surface area contributed by atoms with Crippen molar-refractivity contribution in [3.63, 3.8) is 0 Å². The van der Waals surface area contributed by atoms with E-state index in [1.807, 2.05) is 22.6 Å². The van der Waals surface area contributed by atoms with E-state index in [1.165, 1.54) is 12.1 Å². The van der Waals surface area contributed by atoms with Crippen LogP contribution in [0, 0.1) is 10.5 Å². The van der Waals surface area contributed by atoms with Crippen LogP contribution in [-0.4, -0.2) is 33.8 Å². The molecule has 8 nitrogen and oxygen atoms in total. The zero-order valence-corrected chi connectivity index (χ0v) is 12.9. The smallest absolute Gasteiger partial charge is 0.335 e. The molecule has 0 saturated carbocycles. The van der Waals surface area contributed by atoms with Crippen molar-refractivity contribution < 1.29 is 23.8 Å². The van der Waals surface area contributed by atoms with E-state index in [2.05, 4.69) is 15.5 Å². The van der Waals surface area contributed by atoms with Crippen LogP contribution in [0.1, 0.15) is 16.2 Å². The van der Waals surface area contributed by atoms with E-state index in [-0.39, 0.29) is 18.2 Å². The van der Waals surface area contributed by atoms with E-state index in [0.717, 1.165) is 0 Å². The molecule has 1 aromatic heterocycles. The van der Waals surface area contributed by atoms with E-state index in [4.69, 9.17) is 14.3 Å². The van der Waals surface area contributed by atoms with Crippen molar-refractivity contribution in [2.75, 3.05) is 11.9 Å². The molecule has 21 heavy (non-hydrogen) atoms. The van der Waals surface area contributed by atoms with Crippen LogP contribution in [0.3, 0.4) is 0 Å². The van der Waals surface area contributed by atoms with Crippen molar-refractivity contribution in [2.24, 2.45) is 0 Å². The van der Waals surface area contributed by atoms with Gasteiger partial charge in [0.2, 0.25) is 5.89 Å². The molecule has 2 aromatic rings. The molecule has 1 aromatic carbocycles. The molecule has 110 valence electrons. The lowest BCUT2D eigenvalue weighted by atomic mass is 10.2. The molecule has 0 radical (unpaired) electrons. The highest BCUT2D eigenvalue weighted by Gasteiger charge is 2.12. The fourth-order valence-electron chi connectivity index (χ4n) is 1.39. The number of nitrogens with one attached hydrogen (secondary N) is 1. The number of carboxylic acids is 1. The van der Waals surface area contributed by atoms with Crippen molar-refractivity contribution in [1.29, 1.82) is 0 Å². The van der Waals surface area contributed by atoms with Gasteiger partial charge in [-0.3, -0.25) is 10.1 Å². The van der Waals surface area contributed by atoms with E-state index in [0.29, 0.717) is 15.2 Å². The maximum Gasteiger partial charge on any atom is 0.335 e. The number of aromatic carboxylic acids is 1. The van der Waals surface area contributed by atoms with Crippen LogP contribution in [0.5, 0.6) is 5.75 Å². The first-order valence-corrected chi connectivity index (χ1v) is 6.79. The van der Waals surface area contributed by atoms with Crippen molar-refractivity contribution in [3.05, 3.63) is 33.2 Å². The van der Waals surface area contributed by atoms with Gasteiger partial charge in [-0.05, 0) is 40.8 Å². The molecule has 0 aliphatic heterocycles. The number of benzene rings is 1. The zero-order chi connectivity index (χ0) is 15.4. The summed E-state index contributed by atoms with van der Waals surface area (Å²) >= 11 is 1.98. The molecule has 1 amide bonds. The molecular formula is C12H10IN3O5. The Labute approximate surface area is 132 Å². The minimum absolute atomic E-state index is 0.0184. The number of aryl methyl sites for hydroxylation is 1. The van der Waals surface area contributed by atoms with Gasteiger partial charge >= 0.3 is 12.0 Å². The van der Waals surface area contributed by atoms with E-state index >= 15 is 0 Å². The summed E-state index contributed by atoms with van der Waals surface area (Å²) in [6.45, 7) is 1.29. The van der Waals surface area contributed by atoms with Crippen molar-refractivity contribution in [1.82, 2.24) is 10.2 Å². The summed E-state index contributed by atoms with van der Waals surface area (Å²) in [5.41, 5.74) is 0.0818. The topological polar surface area (TPSA) is 115 Å². The number of rotatable bonds is 5. The van der Waals surface area contributed by atoms with Gasteiger partial charge in [0.25, 0.3) is 5.91 Å². The summed E-state index contributed by atoms with van der Waals surface area (Å²) in [6.07, 6.45) is 0. The fraction of sp³-hybridized carbons (Fsp3) is 0.167. The molecule has 0 bridgehead atoms. The molecule has 1 heterocycles. The number of ether oxygens (including phenoxy) is 1. The van der Waals surface area contributed by atoms with E-state index < -0.39 is 11.9 Å². The SMILES string of the molecule is Cc1nnc(NC(=O)COc2cc(C(=O)O)ccc2I)o1. The lowest BCUT2D eigenvalue weighted by molar-refractivity contribution is -0.118. The Kier molecular flexibility index (Phi) is 4.73. The van der Waals surface area contributed by atoms with Gasteiger partial charge in [-0.25, -0.2) is 4.79 Å². The van der Waals surface area contributed by atoms with Crippen LogP contribution < -0.4 is 10.1 Å². The predicted octanol–water partition coefficient (Wildman–Crippen LogP) is 1.70. The molecule has 0 unspecified atom stereocenters. The van der Waals surface area contributed by atoms with E-state index in [1.54, 1.807) is 13.0 Å². The first-order valence-electron chi connectivity index (χ1n) is 5.71. The Balaban J connectivity index is 1.97. The number of nitrogens with zero attached hydrogens (tertiary/aromatic N) is 2. The molecule has 0 saturated heterocycles. The third-order valence-corrected chi connectivity index (χ3v) is 3.20. The van der Waals surface area contributed by atoms with Crippen molar-refractivity contribution in [2.45, 2.75) is 6.92 Å². The van der Waals surface area contributed by atoms with Crippen molar-refractivity contribution in [3.8, 4) is 5.75 Å². The number of amides is 1. The minimum Gasteiger partial charge on any atom is -0.483 e. The van der Waals surface area contributed by atoms with Crippen LogP contribution in [0.2, 0.25) is 0 Å². The third kappa shape index (κ3) is 4.15. The number of carbonyl (C=O) groups excluding carboxylic acids is 1. The molecule has 9 heteroatoms. The summed E-state index contributed by atoms with van der Waals surface area (Å²) in [4.78, 5) is 22.5. The number of carbonyl (C=O) groups is 2. The summed E-state index contributed by atoms with van der Waals surface area (Å²) in [7, 11) is 0. The van der Waals surface area contributed by atoms with Gasteiger partial charge in [0.05, 0.1) is 9.13 Å². The highest BCUT2D eigenvalue weighted by molar-refractivity contribution is 14.1. The summed E-state index contributed by atoms with van der Waals surface area (Å²) in [5.74, 6) is -0.917.